The summed E-state index contributed by atoms with van der Waals surface area (Å²) in [6.07, 6.45) is 4.82. The molecule has 0 aliphatic carbocycles. The van der Waals surface area contributed by atoms with E-state index in [2.05, 4.69) is 15.4 Å². The summed E-state index contributed by atoms with van der Waals surface area (Å²) in [4.78, 5) is 14.4. The van der Waals surface area contributed by atoms with E-state index in [0.29, 0.717) is 6.54 Å². The fourth-order valence-corrected chi connectivity index (χ4v) is 1.80. The minimum absolute atomic E-state index is 0.0150. The van der Waals surface area contributed by atoms with Crippen LogP contribution >= 0.6 is 0 Å². The third kappa shape index (κ3) is 2.89. The highest BCUT2D eigenvalue weighted by Crippen LogP contribution is 2.26. The van der Waals surface area contributed by atoms with Gasteiger partial charge in [0.1, 0.15) is 11.6 Å². The molecular formula is C12H12N6O2. The highest BCUT2D eigenvalue weighted by Gasteiger charge is 2.22. The maximum absolute atomic E-state index is 11.1. The van der Waals surface area contributed by atoms with Crippen LogP contribution in [0.2, 0.25) is 0 Å². The van der Waals surface area contributed by atoms with Crippen molar-refractivity contribution in [3.8, 4) is 6.07 Å². The lowest BCUT2D eigenvalue weighted by Gasteiger charge is -2.14. The van der Waals surface area contributed by atoms with Gasteiger partial charge in [-0.1, -0.05) is 0 Å². The molecule has 0 fully saturated rings. The molecule has 102 valence electrons. The van der Waals surface area contributed by atoms with Crippen molar-refractivity contribution < 1.29 is 4.92 Å². The number of anilines is 1. The van der Waals surface area contributed by atoms with Crippen molar-refractivity contribution >= 4 is 11.5 Å². The second kappa shape index (κ2) is 5.79. The summed E-state index contributed by atoms with van der Waals surface area (Å²) in [5, 5.41) is 27.0. The standard InChI is InChI=1S/C12H12N6O2/c1-9(8-17-6-2-4-15-17)16-12-11(18(19)20)10(7-13)3-5-14-12/h2-6,9H,8H2,1H3,(H,14,16). The number of rotatable bonds is 5. The van der Waals surface area contributed by atoms with Gasteiger partial charge in [-0.05, 0) is 19.1 Å². The van der Waals surface area contributed by atoms with Crippen molar-refractivity contribution in [3.63, 3.8) is 0 Å². The van der Waals surface area contributed by atoms with Crippen molar-refractivity contribution in [1.29, 1.82) is 5.26 Å². The zero-order valence-corrected chi connectivity index (χ0v) is 10.7. The van der Waals surface area contributed by atoms with Gasteiger partial charge in [-0.25, -0.2) is 4.98 Å². The predicted molar refractivity (Wildman–Crippen MR) is 70.9 cm³/mol. The Hall–Kier alpha value is -2.95. The van der Waals surface area contributed by atoms with E-state index in [1.165, 1.54) is 12.3 Å². The van der Waals surface area contributed by atoms with Crippen molar-refractivity contribution in [3.05, 3.63) is 46.4 Å². The van der Waals surface area contributed by atoms with E-state index in [1.807, 2.05) is 6.92 Å². The number of nitro groups is 1. The van der Waals surface area contributed by atoms with Gasteiger partial charge in [0.2, 0.25) is 5.82 Å². The third-order valence-electron chi connectivity index (χ3n) is 2.63. The van der Waals surface area contributed by atoms with Crippen LogP contribution in [0.15, 0.2) is 30.7 Å². The van der Waals surface area contributed by atoms with Crippen molar-refractivity contribution in [2.75, 3.05) is 5.32 Å². The van der Waals surface area contributed by atoms with E-state index in [9.17, 15) is 10.1 Å². The van der Waals surface area contributed by atoms with Gasteiger partial charge in [-0.2, -0.15) is 10.4 Å². The summed E-state index contributed by atoms with van der Waals surface area (Å²) in [6.45, 7) is 2.38. The molecule has 2 aromatic heterocycles. The lowest BCUT2D eigenvalue weighted by Crippen LogP contribution is -2.23. The molecule has 8 nitrogen and oxygen atoms in total. The van der Waals surface area contributed by atoms with Gasteiger partial charge in [0, 0.05) is 24.6 Å². The summed E-state index contributed by atoms with van der Waals surface area (Å²) < 4.78 is 1.71. The Bertz CT molecular complexity index is 646. The first-order chi connectivity index (χ1) is 9.61. The normalized spacial score (nSPS) is 11.6. The maximum Gasteiger partial charge on any atom is 0.328 e. The van der Waals surface area contributed by atoms with Gasteiger partial charge in [0.15, 0.2) is 0 Å². The van der Waals surface area contributed by atoms with Gasteiger partial charge < -0.3 is 5.32 Å². The topological polar surface area (TPSA) is 110 Å². The molecule has 1 atom stereocenters. The van der Waals surface area contributed by atoms with Gasteiger partial charge in [0.25, 0.3) is 0 Å². The molecular weight excluding hydrogens is 260 g/mol. The predicted octanol–water partition coefficient (Wildman–Crippen LogP) is 1.56. The van der Waals surface area contributed by atoms with E-state index in [0.717, 1.165) is 0 Å². The van der Waals surface area contributed by atoms with Crippen molar-refractivity contribution in [1.82, 2.24) is 14.8 Å². The quantitative estimate of drug-likeness (QED) is 0.653. The van der Waals surface area contributed by atoms with Gasteiger partial charge in [-0.3, -0.25) is 14.8 Å². The smallest absolute Gasteiger partial charge is 0.328 e. The SMILES string of the molecule is CC(Cn1cccn1)Nc1nccc(C#N)c1[N+](=O)[O-]. The van der Waals surface area contributed by atoms with Crippen LogP contribution in [0.1, 0.15) is 12.5 Å². The molecule has 0 spiro atoms. The number of hydrogen-bond acceptors (Lipinski definition) is 6. The third-order valence-corrected chi connectivity index (χ3v) is 2.63. The first-order valence-electron chi connectivity index (χ1n) is 5.89. The Labute approximate surface area is 114 Å². The van der Waals surface area contributed by atoms with Crippen molar-refractivity contribution in [2.45, 2.75) is 19.5 Å². The molecule has 0 radical (unpaired) electrons. The van der Waals surface area contributed by atoms with Crippen LogP contribution in [0.5, 0.6) is 0 Å². The van der Waals surface area contributed by atoms with Crippen LogP contribution in [-0.2, 0) is 6.54 Å². The average molecular weight is 272 g/mol. The Kier molecular flexibility index (Phi) is 3.91. The molecule has 1 N–H and O–H groups in total. The average Bonchev–Trinajstić information content (AvgIpc) is 2.90. The minimum Gasteiger partial charge on any atom is -0.360 e. The number of aromatic nitrogens is 3. The molecule has 2 aromatic rings. The number of hydrogen-bond donors (Lipinski definition) is 1. The summed E-state index contributed by atoms with van der Waals surface area (Å²) in [6, 6.07) is 4.78. The van der Waals surface area contributed by atoms with Gasteiger partial charge >= 0.3 is 5.69 Å². The summed E-state index contributed by atoms with van der Waals surface area (Å²) >= 11 is 0. The first-order valence-corrected chi connectivity index (χ1v) is 5.89. The monoisotopic (exact) mass is 272 g/mol. The fourth-order valence-electron chi connectivity index (χ4n) is 1.80. The van der Waals surface area contributed by atoms with Crippen LogP contribution < -0.4 is 5.32 Å². The Morgan fingerprint density at radius 1 is 1.60 bits per heavy atom. The molecule has 0 amide bonds. The molecule has 1 unspecified atom stereocenters. The Morgan fingerprint density at radius 3 is 3.00 bits per heavy atom. The zero-order chi connectivity index (χ0) is 14.5. The van der Waals surface area contributed by atoms with E-state index < -0.39 is 4.92 Å². The number of pyridine rings is 1. The van der Waals surface area contributed by atoms with Crippen LogP contribution in [0.25, 0.3) is 0 Å². The second-order valence-electron chi connectivity index (χ2n) is 4.20. The van der Waals surface area contributed by atoms with Crippen LogP contribution in [-0.4, -0.2) is 25.7 Å². The van der Waals surface area contributed by atoms with E-state index in [1.54, 1.807) is 29.2 Å². The van der Waals surface area contributed by atoms with Crippen LogP contribution in [0.4, 0.5) is 11.5 Å². The molecule has 0 saturated carbocycles. The Balaban J connectivity index is 2.21. The molecule has 0 saturated heterocycles. The number of nitrogens with zero attached hydrogens (tertiary/aromatic N) is 5. The fraction of sp³-hybridized carbons (Fsp3) is 0.250. The molecule has 2 rings (SSSR count). The molecule has 8 heteroatoms. The molecule has 0 bridgehead atoms. The Morgan fingerprint density at radius 2 is 2.40 bits per heavy atom. The summed E-state index contributed by atoms with van der Waals surface area (Å²) in [7, 11) is 0. The highest BCUT2D eigenvalue weighted by molar-refractivity contribution is 5.64. The second-order valence-corrected chi connectivity index (χ2v) is 4.20. The molecule has 0 aromatic carbocycles. The van der Waals surface area contributed by atoms with E-state index in [4.69, 9.17) is 5.26 Å². The van der Waals surface area contributed by atoms with Crippen LogP contribution in [0, 0.1) is 21.4 Å². The number of nitriles is 1. The minimum atomic E-state index is -0.603. The lowest BCUT2D eigenvalue weighted by atomic mass is 10.2. The molecule has 0 aliphatic rings. The highest BCUT2D eigenvalue weighted by atomic mass is 16.6. The number of nitrogens with one attached hydrogen (secondary N) is 1. The molecule has 0 aliphatic heterocycles. The maximum atomic E-state index is 11.1. The zero-order valence-electron chi connectivity index (χ0n) is 10.7. The van der Waals surface area contributed by atoms with Gasteiger partial charge in [0.05, 0.1) is 11.5 Å². The first kappa shape index (κ1) is 13.5. The largest absolute Gasteiger partial charge is 0.360 e. The lowest BCUT2D eigenvalue weighted by molar-refractivity contribution is -0.384. The van der Waals surface area contributed by atoms with Gasteiger partial charge in [-0.15, -0.1) is 0 Å². The van der Waals surface area contributed by atoms with E-state index >= 15 is 0 Å². The van der Waals surface area contributed by atoms with E-state index in [-0.39, 0.29) is 23.1 Å². The van der Waals surface area contributed by atoms with Crippen molar-refractivity contribution in [2.24, 2.45) is 0 Å². The summed E-state index contributed by atoms with van der Waals surface area (Å²) in [5.41, 5.74) is -0.318. The summed E-state index contributed by atoms with van der Waals surface area (Å²) in [5.74, 6) is 0.0914. The molecule has 20 heavy (non-hydrogen) atoms. The van der Waals surface area contributed by atoms with Crippen LogP contribution in [0.3, 0.4) is 0 Å². The molecule has 2 heterocycles.